The zero-order chi connectivity index (χ0) is 29.6. The number of hydrogen-bond acceptors (Lipinski definition) is 7. The average molecular weight is 568 g/mol. The first-order valence-corrected chi connectivity index (χ1v) is 13.6. The number of carbonyl (C=O) groups is 2. The minimum absolute atomic E-state index is 0.0171. The molecule has 0 radical (unpaired) electrons. The Bertz CT molecular complexity index is 1590. The normalized spacial score (nSPS) is 16.1. The number of nitrogens with zero attached hydrogens (tertiary/aromatic N) is 3. The number of aromatic nitrogens is 2. The van der Waals surface area contributed by atoms with Gasteiger partial charge in [-0.1, -0.05) is 30.3 Å². The van der Waals surface area contributed by atoms with Gasteiger partial charge in [-0.25, -0.2) is 4.98 Å². The lowest BCUT2D eigenvalue weighted by Crippen LogP contribution is -2.31. The Balaban J connectivity index is 1.46. The van der Waals surface area contributed by atoms with E-state index in [9.17, 15) is 14.7 Å². The average Bonchev–Trinajstić information content (AvgIpc) is 3.62. The van der Waals surface area contributed by atoms with Crippen molar-refractivity contribution in [2.24, 2.45) is 0 Å². The van der Waals surface area contributed by atoms with E-state index in [0.29, 0.717) is 54.5 Å². The van der Waals surface area contributed by atoms with Gasteiger partial charge >= 0.3 is 0 Å². The van der Waals surface area contributed by atoms with E-state index in [1.807, 2.05) is 42.0 Å². The minimum atomic E-state index is -0.815. The highest BCUT2D eigenvalue weighted by Crippen LogP contribution is 2.42. The number of aryl methyl sites for hydroxylation is 2. The molecule has 0 bridgehead atoms. The summed E-state index contributed by atoms with van der Waals surface area (Å²) >= 11 is 0. The lowest BCUT2D eigenvalue weighted by Gasteiger charge is -2.26. The molecule has 0 spiro atoms. The zero-order valence-electron chi connectivity index (χ0n) is 23.8. The Morgan fingerprint density at radius 1 is 0.952 bits per heavy atom. The van der Waals surface area contributed by atoms with E-state index >= 15 is 0 Å². The van der Waals surface area contributed by atoms with Gasteiger partial charge in [0.05, 0.1) is 32.2 Å². The monoisotopic (exact) mass is 567 g/mol. The number of amides is 1. The maximum absolute atomic E-state index is 13.4. The number of ketones is 1. The third-order valence-electron chi connectivity index (χ3n) is 7.42. The molecule has 1 N–H and O–H groups in total. The van der Waals surface area contributed by atoms with E-state index in [4.69, 9.17) is 14.2 Å². The van der Waals surface area contributed by atoms with E-state index in [-0.39, 0.29) is 11.3 Å². The van der Waals surface area contributed by atoms with Crippen LogP contribution < -0.4 is 14.2 Å². The fraction of sp³-hybridized carbons (Fsp3) is 0.242. The van der Waals surface area contributed by atoms with Gasteiger partial charge in [0.25, 0.3) is 11.7 Å². The summed E-state index contributed by atoms with van der Waals surface area (Å²) in [5.74, 6) is -0.0782. The summed E-state index contributed by atoms with van der Waals surface area (Å²) in [6.45, 7) is 3.35. The predicted octanol–water partition coefficient (Wildman–Crippen LogP) is 5.30. The van der Waals surface area contributed by atoms with Gasteiger partial charge in [-0.15, -0.1) is 0 Å². The molecule has 216 valence electrons. The molecular formula is C33H33N3O6. The van der Waals surface area contributed by atoms with Gasteiger partial charge in [0.1, 0.15) is 18.1 Å². The number of Topliss-reactive ketones (excluding diaryl/α,β-unsaturated/α-hetero) is 1. The number of aliphatic hydroxyl groups excluding tert-OH is 1. The number of hydrogen-bond donors (Lipinski definition) is 1. The number of imidazole rings is 1. The summed E-state index contributed by atoms with van der Waals surface area (Å²) in [5.41, 5.74) is 3.25. The Morgan fingerprint density at radius 2 is 1.71 bits per heavy atom. The number of aliphatic hydroxyl groups is 1. The zero-order valence-corrected chi connectivity index (χ0v) is 23.8. The van der Waals surface area contributed by atoms with Gasteiger partial charge in [0.2, 0.25) is 0 Å². The summed E-state index contributed by atoms with van der Waals surface area (Å²) < 4.78 is 18.7. The van der Waals surface area contributed by atoms with Gasteiger partial charge in [-0.2, -0.15) is 0 Å². The highest BCUT2D eigenvalue weighted by Gasteiger charge is 2.46. The van der Waals surface area contributed by atoms with Crippen molar-refractivity contribution >= 4 is 17.4 Å². The largest absolute Gasteiger partial charge is 0.507 e. The van der Waals surface area contributed by atoms with Crippen LogP contribution in [0.5, 0.6) is 17.2 Å². The Hall–Kier alpha value is -5.05. The quantitative estimate of drug-likeness (QED) is 0.149. The second-order valence-corrected chi connectivity index (χ2v) is 10.0. The molecule has 4 aromatic rings. The summed E-state index contributed by atoms with van der Waals surface area (Å²) in [6, 6.07) is 19.2. The molecule has 1 aliphatic heterocycles. The lowest BCUT2D eigenvalue weighted by atomic mass is 9.95. The van der Waals surface area contributed by atoms with Gasteiger partial charge in [-0.05, 0) is 66.4 Å². The molecule has 0 saturated carbocycles. The smallest absolute Gasteiger partial charge is 0.295 e. The molecule has 3 aromatic carbocycles. The number of carbonyl (C=O) groups excluding carboxylic acids is 2. The molecule has 9 nitrogen and oxygen atoms in total. The molecule has 5 rings (SSSR count). The van der Waals surface area contributed by atoms with Gasteiger partial charge in [0, 0.05) is 31.0 Å². The number of methoxy groups -OCH3 is 2. The minimum Gasteiger partial charge on any atom is -0.507 e. The summed E-state index contributed by atoms with van der Waals surface area (Å²) in [6.07, 6.45) is 5.82. The molecule has 1 aromatic heterocycles. The fourth-order valence-corrected chi connectivity index (χ4v) is 5.12. The SMILES string of the molecule is COc1ccc(C2C(=C(O)c3ccc(OCc4ccccc4C)cc3)C(=O)C(=O)N2CCCn2ccnc2)cc1OC. The third-order valence-corrected chi connectivity index (χ3v) is 7.42. The molecule has 42 heavy (non-hydrogen) atoms. The molecule has 0 aliphatic carbocycles. The van der Waals surface area contributed by atoms with E-state index < -0.39 is 17.7 Å². The number of likely N-dealkylation sites (tertiary alicyclic amines) is 1. The van der Waals surface area contributed by atoms with Gasteiger partial charge in [-0.3, -0.25) is 9.59 Å². The van der Waals surface area contributed by atoms with Crippen molar-refractivity contribution in [3.8, 4) is 17.2 Å². The standard InChI is InChI=1S/C33H33N3O6/c1-22-7-4-5-8-25(22)20-42-26-12-9-23(10-13-26)31(37)29-30(24-11-14-27(40-2)28(19-24)41-3)36(33(39)32(29)38)17-6-16-35-18-15-34-21-35/h4-5,7-15,18-19,21,30,37H,6,16-17,20H2,1-3H3. The molecule has 1 unspecified atom stereocenters. The number of benzene rings is 3. The van der Waals surface area contributed by atoms with Gasteiger partial charge in [0.15, 0.2) is 11.5 Å². The van der Waals surface area contributed by atoms with Crippen molar-refractivity contribution in [2.75, 3.05) is 20.8 Å². The molecule has 1 saturated heterocycles. The van der Waals surface area contributed by atoms with Gasteiger partial charge < -0.3 is 28.8 Å². The van der Waals surface area contributed by atoms with Crippen molar-refractivity contribution in [3.63, 3.8) is 0 Å². The van der Waals surface area contributed by atoms with E-state index in [1.165, 1.54) is 19.1 Å². The Labute approximate surface area is 244 Å². The van der Waals surface area contributed by atoms with Crippen LogP contribution >= 0.6 is 0 Å². The highest BCUT2D eigenvalue weighted by atomic mass is 16.5. The lowest BCUT2D eigenvalue weighted by molar-refractivity contribution is -0.139. The molecule has 2 heterocycles. The maximum atomic E-state index is 13.4. The number of ether oxygens (including phenoxy) is 3. The first kappa shape index (κ1) is 28.5. The molecule has 9 heteroatoms. The second-order valence-electron chi connectivity index (χ2n) is 10.0. The van der Waals surface area contributed by atoms with Crippen LogP contribution in [0.15, 0.2) is 91.0 Å². The van der Waals surface area contributed by atoms with Crippen molar-refractivity contribution in [2.45, 2.75) is 32.5 Å². The van der Waals surface area contributed by atoms with Crippen LogP contribution in [0.25, 0.3) is 5.76 Å². The maximum Gasteiger partial charge on any atom is 0.295 e. The Morgan fingerprint density at radius 3 is 2.40 bits per heavy atom. The van der Waals surface area contributed by atoms with Crippen molar-refractivity contribution in [1.82, 2.24) is 14.5 Å². The number of rotatable bonds is 11. The van der Waals surface area contributed by atoms with Crippen LogP contribution in [0.1, 0.15) is 34.7 Å². The topological polar surface area (TPSA) is 103 Å². The van der Waals surface area contributed by atoms with E-state index in [2.05, 4.69) is 4.98 Å². The Kier molecular flexibility index (Phi) is 8.57. The first-order chi connectivity index (χ1) is 20.4. The summed E-state index contributed by atoms with van der Waals surface area (Å²) in [7, 11) is 3.06. The molecule has 1 amide bonds. The predicted molar refractivity (Wildman–Crippen MR) is 157 cm³/mol. The van der Waals surface area contributed by atoms with Crippen molar-refractivity contribution in [3.05, 3.63) is 113 Å². The van der Waals surface area contributed by atoms with E-state index in [1.54, 1.807) is 55.0 Å². The summed E-state index contributed by atoms with van der Waals surface area (Å²) in [5, 5.41) is 11.5. The van der Waals surface area contributed by atoms with Crippen LogP contribution in [-0.4, -0.2) is 52.0 Å². The van der Waals surface area contributed by atoms with Crippen LogP contribution in [0.2, 0.25) is 0 Å². The van der Waals surface area contributed by atoms with Crippen LogP contribution in [0.3, 0.4) is 0 Å². The summed E-state index contributed by atoms with van der Waals surface area (Å²) in [4.78, 5) is 32.3. The van der Waals surface area contributed by atoms with Crippen molar-refractivity contribution in [1.29, 1.82) is 0 Å². The first-order valence-electron chi connectivity index (χ1n) is 13.6. The third kappa shape index (κ3) is 5.85. The van der Waals surface area contributed by atoms with E-state index in [0.717, 1.165) is 11.1 Å². The fourth-order valence-electron chi connectivity index (χ4n) is 5.12. The van der Waals surface area contributed by atoms with Crippen molar-refractivity contribution < 1.29 is 28.9 Å². The van der Waals surface area contributed by atoms with Crippen LogP contribution in [0, 0.1) is 6.92 Å². The second kappa shape index (κ2) is 12.6. The van der Waals surface area contributed by atoms with Crippen LogP contribution in [0.4, 0.5) is 0 Å². The molecular weight excluding hydrogens is 534 g/mol. The molecule has 1 atom stereocenters. The van der Waals surface area contributed by atoms with Crippen LogP contribution in [-0.2, 0) is 22.7 Å². The highest BCUT2D eigenvalue weighted by molar-refractivity contribution is 6.46. The molecule has 1 aliphatic rings. The molecule has 1 fully saturated rings.